The number of halogens is 3. The van der Waals surface area contributed by atoms with E-state index in [1.165, 1.54) is 0 Å². The van der Waals surface area contributed by atoms with Gasteiger partial charge in [-0.1, -0.05) is 30.7 Å². The summed E-state index contributed by atoms with van der Waals surface area (Å²) in [4.78, 5) is 14.4. The van der Waals surface area contributed by atoms with Crippen LogP contribution in [0.1, 0.15) is 31.9 Å². The number of nitrogens with one attached hydrogen (secondary N) is 2. The maximum absolute atomic E-state index is 15.0. The zero-order valence-corrected chi connectivity index (χ0v) is 16.1. The molecule has 0 aliphatic heterocycles. The Morgan fingerprint density at radius 1 is 1.35 bits per heavy atom. The number of benzene rings is 1. The Morgan fingerprint density at radius 2 is 2.12 bits per heavy atom. The minimum Gasteiger partial charge on any atom is -0.434 e. The maximum atomic E-state index is 15.0. The van der Waals surface area contributed by atoms with Crippen LogP contribution in [0.15, 0.2) is 36.5 Å². The Kier molecular flexibility index (Phi) is 9.34. The molecule has 0 fully saturated rings. The van der Waals surface area contributed by atoms with Gasteiger partial charge < -0.3 is 15.4 Å². The third kappa shape index (κ3) is 5.83. The van der Waals surface area contributed by atoms with Crippen LogP contribution in [-0.2, 0) is 4.79 Å². The topological polar surface area (TPSA) is 63.2 Å². The number of aromatic nitrogens is 1. The molecule has 1 aromatic carbocycles. The monoisotopic (exact) mass is 401 g/mol. The highest BCUT2D eigenvalue weighted by Crippen LogP contribution is 2.36. The lowest BCUT2D eigenvalue weighted by molar-refractivity contribution is -0.109. The summed E-state index contributed by atoms with van der Waals surface area (Å²) >= 11 is 6.11. The van der Waals surface area contributed by atoms with Crippen LogP contribution in [0.4, 0.5) is 4.39 Å². The van der Waals surface area contributed by atoms with Gasteiger partial charge in [-0.2, -0.15) is 0 Å². The van der Waals surface area contributed by atoms with Gasteiger partial charge in [0.15, 0.2) is 11.6 Å². The standard InChI is InChI=1S/C18H21ClFN3O2.ClH/c1-3-15(23-12(2)10-21-11-24)13-7-8-14(19)18(17(13)20)25-16-6-4-5-9-22-16;/h4-9,11-12,15,23H,3,10H2,1-2H3,(H,21,24);1H/t12-,15-;/m1./s1. The van der Waals surface area contributed by atoms with Crippen molar-refractivity contribution in [2.45, 2.75) is 32.4 Å². The van der Waals surface area contributed by atoms with E-state index in [0.717, 1.165) is 0 Å². The molecule has 0 saturated carbocycles. The van der Waals surface area contributed by atoms with Crippen LogP contribution in [0.5, 0.6) is 11.6 Å². The van der Waals surface area contributed by atoms with Gasteiger partial charge >= 0.3 is 0 Å². The minimum atomic E-state index is -0.520. The first kappa shape index (κ1) is 22.2. The first-order valence-corrected chi connectivity index (χ1v) is 8.44. The third-order valence-electron chi connectivity index (χ3n) is 3.70. The number of rotatable bonds is 9. The molecule has 0 unspecified atom stereocenters. The molecule has 5 nitrogen and oxygen atoms in total. The Hall–Kier alpha value is -1.89. The van der Waals surface area contributed by atoms with E-state index in [0.29, 0.717) is 24.9 Å². The van der Waals surface area contributed by atoms with Crippen molar-refractivity contribution < 1.29 is 13.9 Å². The fraction of sp³-hybridized carbons (Fsp3) is 0.333. The largest absolute Gasteiger partial charge is 0.434 e. The molecule has 0 spiro atoms. The molecule has 0 aliphatic rings. The van der Waals surface area contributed by atoms with E-state index in [9.17, 15) is 4.79 Å². The number of carbonyl (C=O) groups is 1. The fourth-order valence-electron chi connectivity index (χ4n) is 2.48. The van der Waals surface area contributed by atoms with Gasteiger partial charge in [-0.15, -0.1) is 12.4 Å². The van der Waals surface area contributed by atoms with E-state index in [4.69, 9.17) is 16.3 Å². The van der Waals surface area contributed by atoms with E-state index >= 15 is 4.39 Å². The van der Waals surface area contributed by atoms with Crippen LogP contribution in [-0.4, -0.2) is 24.0 Å². The molecule has 2 N–H and O–H groups in total. The van der Waals surface area contributed by atoms with E-state index in [-0.39, 0.29) is 41.1 Å². The van der Waals surface area contributed by atoms with Gasteiger partial charge in [-0.05, 0) is 25.5 Å². The van der Waals surface area contributed by atoms with Gasteiger partial charge in [0.25, 0.3) is 0 Å². The molecule has 2 aromatic rings. The van der Waals surface area contributed by atoms with Crippen molar-refractivity contribution in [3.8, 4) is 11.6 Å². The zero-order chi connectivity index (χ0) is 18.2. The number of hydrogen-bond acceptors (Lipinski definition) is 4. The average Bonchev–Trinajstić information content (AvgIpc) is 2.63. The van der Waals surface area contributed by atoms with Gasteiger partial charge in [0.1, 0.15) is 0 Å². The zero-order valence-electron chi connectivity index (χ0n) is 14.5. The fourth-order valence-corrected chi connectivity index (χ4v) is 2.66. The number of pyridine rings is 1. The van der Waals surface area contributed by atoms with Crippen LogP contribution in [0, 0.1) is 5.82 Å². The summed E-state index contributed by atoms with van der Waals surface area (Å²) in [6, 6.07) is 8.10. The van der Waals surface area contributed by atoms with E-state index in [1.54, 1.807) is 36.5 Å². The van der Waals surface area contributed by atoms with Crippen LogP contribution in [0.2, 0.25) is 5.02 Å². The molecule has 2 rings (SSSR count). The first-order valence-electron chi connectivity index (χ1n) is 8.06. The Bertz CT molecular complexity index is 704. The summed E-state index contributed by atoms with van der Waals surface area (Å²) in [6.07, 6.45) is 2.86. The van der Waals surface area contributed by atoms with Crippen molar-refractivity contribution in [3.63, 3.8) is 0 Å². The third-order valence-corrected chi connectivity index (χ3v) is 4.00. The van der Waals surface area contributed by atoms with Gasteiger partial charge in [-0.3, -0.25) is 4.79 Å². The summed E-state index contributed by atoms with van der Waals surface area (Å²) < 4.78 is 20.6. The number of amides is 1. The lowest BCUT2D eigenvalue weighted by Crippen LogP contribution is -2.38. The second-order valence-electron chi connectivity index (χ2n) is 5.60. The molecule has 0 bridgehead atoms. The van der Waals surface area contributed by atoms with Crippen molar-refractivity contribution in [1.82, 2.24) is 15.6 Å². The Labute approximate surface area is 163 Å². The highest BCUT2D eigenvalue weighted by Gasteiger charge is 2.21. The lowest BCUT2D eigenvalue weighted by Gasteiger charge is -2.24. The van der Waals surface area contributed by atoms with Crippen LogP contribution in [0.3, 0.4) is 0 Å². The average molecular weight is 402 g/mol. The second kappa shape index (κ2) is 11.0. The normalized spacial score (nSPS) is 12.6. The molecular formula is C18H22Cl2FN3O2. The molecule has 0 saturated heterocycles. The lowest BCUT2D eigenvalue weighted by atomic mass is 10.0. The van der Waals surface area contributed by atoms with Gasteiger partial charge in [0.05, 0.1) is 5.02 Å². The van der Waals surface area contributed by atoms with Gasteiger partial charge in [-0.25, -0.2) is 9.37 Å². The summed E-state index contributed by atoms with van der Waals surface area (Å²) in [5.74, 6) is -0.296. The number of hydrogen-bond donors (Lipinski definition) is 2. The van der Waals surface area contributed by atoms with E-state index in [1.807, 2.05) is 13.8 Å². The molecule has 26 heavy (non-hydrogen) atoms. The molecule has 1 amide bonds. The van der Waals surface area contributed by atoms with Crippen LogP contribution < -0.4 is 15.4 Å². The van der Waals surface area contributed by atoms with Crippen molar-refractivity contribution in [2.24, 2.45) is 0 Å². The smallest absolute Gasteiger partial charge is 0.219 e. The summed E-state index contributed by atoms with van der Waals surface area (Å²) in [5, 5.41) is 6.08. The molecule has 0 aliphatic carbocycles. The van der Waals surface area contributed by atoms with Crippen molar-refractivity contribution in [1.29, 1.82) is 0 Å². The predicted molar refractivity (Wildman–Crippen MR) is 103 cm³/mol. The van der Waals surface area contributed by atoms with Crippen LogP contribution in [0.25, 0.3) is 0 Å². The van der Waals surface area contributed by atoms with Crippen LogP contribution >= 0.6 is 24.0 Å². The Balaban J connectivity index is 0.00000338. The van der Waals surface area contributed by atoms with Gasteiger partial charge in [0, 0.05) is 36.5 Å². The molecule has 0 radical (unpaired) electrons. The van der Waals surface area contributed by atoms with E-state index < -0.39 is 5.82 Å². The van der Waals surface area contributed by atoms with Crippen molar-refractivity contribution >= 4 is 30.4 Å². The predicted octanol–water partition coefficient (Wildman–Crippen LogP) is 4.26. The Morgan fingerprint density at radius 3 is 2.73 bits per heavy atom. The minimum absolute atomic E-state index is 0. The highest BCUT2D eigenvalue weighted by molar-refractivity contribution is 6.32. The molecule has 1 heterocycles. The maximum Gasteiger partial charge on any atom is 0.219 e. The number of nitrogens with zero attached hydrogens (tertiary/aromatic N) is 1. The summed E-state index contributed by atoms with van der Waals surface area (Å²) in [6.45, 7) is 4.32. The molecule has 1 aromatic heterocycles. The highest BCUT2D eigenvalue weighted by atomic mass is 35.5. The van der Waals surface area contributed by atoms with E-state index in [2.05, 4.69) is 15.6 Å². The molecule has 8 heteroatoms. The molecular weight excluding hydrogens is 380 g/mol. The van der Waals surface area contributed by atoms with Crippen molar-refractivity contribution in [2.75, 3.05) is 6.54 Å². The molecule has 2 atom stereocenters. The van der Waals surface area contributed by atoms with Crippen molar-refractivity contribution in [3.05, 3.63) is 52.9 Å². The summed E-state index contributed by atoms with van der Waals surface area (Å²) in [5.41, 5.74) is 0.454. The SMILES string of the molecule is CC[C@@H](N[C@H](C)CNC=O)c1ccc(Cl)c(Oc2ccccn2)c1F.Cl. The second-order valence-corrected chi connectivity index (χ2v) is 6.01. The number of carbonyl (C=O) groups excluding carboxylic acids is 1. The quantitative estimate of drug-likeness (QED) is 0.616. The molecule has 142 valence electrons. The van der Waals surface area contributed by atoms with Gasteiger partial charge in [0.2, 0.25) is 12.3 Å². The summed E-state index contributed by atoms with van der Waals surface area (Å²) in [7, 11) is 0. The first-order chi connectivity index (χ1) is 12.1. The number of ether oxygens (including phenoxy) is 1.